The van der Waals surface area contributed by atoms with Crippen LogP contribution in [0.15, 0.2) is 29.3 Å². The van der Waals surface area contributed by atoms with Crippen molar-refractivity contribution in [3.05, 3.63) is 34.9 Å². The molecule has 3 rings (SSSR count). The zero-order chi connectivity index (χ0) is 16.2. The normalized spacial score (nSPS) is 21.2. The molecule has 1 heterocycles. The van der Waals surface area contributed by atoms with Gasteiger partial charge in [0.05, 0.1) is 25.8 Å². The zero-order valence-corrected chi connectivity index (χ0v) is 14.4. The van der Waals surface area contributed by atoms with Crippen molar-refractivity contribution in [1.29, 1.82) is 0 Å². The Balaban J connectivity index is 1.73. The van der Waals surface area contributed by atoms with Gasteiger partial charge in [-0.15, -0.1) is 0 Å². The first-order valence-electron chi connectivity index (χ1n) is 8.25. The Morgan fingerprint density at radius 2 is 2.00 bits per heavy atom. The third kappa shape index (κ3) is 4.37. The van der Waals surface area contributed by atoms with Crippen LogP contribution in [0.25, 0.3) is 0 Å². The highest BCUT2D eigenvalue weighted by Gasteiger charge is 2.28. The van der Waals surface area contributed by atoms with Crippen LogP contribution in [-0.2, 0) is 4.74 Å². The first-order chi connectivity index (χ1) is 11.1. The Hall–Kier alpha value is -1.30. The molecule has 23 heavy (non-hydrogen) atoms. The van der Waals surface area contributed by atoms with E-state index in [0.29, 0.717) is 18.5 Å². The van der Waals surface area contributed by atoms with Gasteiger partial charge < -0.3 is 15.4 Å². The molecule has 5 nitrogen and oxygen atoms in total. The molecule has 0 aromatic heterocycles. The average molecular weight is 337 g/mol. The lowest BCUT2D eigenvalue weighted by molar-refractivity contribution is 0.0179. The molecule has 2 fully saturated rings. The number of rotatable bonds is 5. The summed E-state index contributed by atoms with van der Waals surface area (Å²) in [5.74, 6) is 0.639. The standard InChI is InChI=1S/C17H25ClN4O/c1-21(15-6-7-15)17(19)20-12-16(22-8-10-23-11-9-22)13-2-4-14(18)5-3-13/h2-5,15-16H,6-12H2,1H3,(H2,19,20)/t16-/m0/s1. The summed E-state index contributed by atoms with van der Waals surface area (Å²) < 4.78 is 5.48. The number of nitrogens with two attached hydrogens (primary N) is 1. The lowest BCUT2D eigenvalue weighted by atomic mass is 10.0. The van der Waals surface area contributed by atoms with Gasteiger partial charge in [-0.1, -0.05) is 23.7 Å². The number of ether oxygens (including phenoxy) is 1. The summed E-state index contributed by atoms with van der Waals surface area (Å²) >= 11 is 6.03. The molecule has 2 aliphatic rings. The molecule has 0 unspecified atom stereocenters. The summed E-state index contributed by atoms with van der Waals surface area (Å²) in [7, 11) is 2.03. The molecule has 6 heteroatoms. The number of hydrogen-bond donors (Lipinski definition) is 1. The van der Waals surface area contributed by atoms with Crippen LogP contribution in [0, 0.1) is 0 Å². The zero-order valence-electron chi connectivity index (χ0n) is 13.6. The van der Waals surface area contributed by atoms with Gasteiger partial charge in [0.25, 0.3) is 0 Å². The van der Waals surface area contributed by atoms with Crippen LogP contribution in [-0.4, -0.2) is 61.7 Å². The molecule has 1 atom stereocenters. The highest BCUT2D eigenvalue weighted by Crippen LogP contribution is 2.26. The topological polar surface area (TPSA) is 54.1 Å². The van der Waals surface area contributed by atoms with Crippen molar-refractivity contribution in [2.24, 2.45) is 10.7 Å². The number of nitrogens with zero attached hydrogens (tertiary/aromatic N) is 3. The minimum atomic E-state index is 0.210. The second-order valence-corrected chi connectivity index (χ2v) is 6.69. The smallest absolute Gasteiger partial charge is 0.191 e. The van der Waals surface area contributed by atoms with Crippen LogP contribution in [0.2, 0.25) is 5.02 Å². The van der Waals surface area contributed by atoms with Crippen molar-refractivity contribution in [2.45, 2.75) is 24.9 Å². The van der Waals surface area contributed by atoms with E-state index in [9.17, 15) is 0 Å². The number of hydrogen-bond acceptors (Lipinski definition) is 3. The third-order valence-electron chi connectivity index (χ3n) is 4.62. The first-order valence-corrected chi connectivity index (χ1v) is 8.63. The van der Waals surface area contributed by atoms with E-state index in [1.54, 1.807) is 0 Å². The molecule has 1 aliphatic heterocycles. The van der Waals surface area contributed by atoms with Crippen LogP contribution in [0.4, 0.5) is 0 Å². The Morgan fingerprint density at radius 3 is 2.61 bits per heavy atom. The van der Waals surface area contributed by atoms with E-state index in [0.717, 1.165) is 31.3 Å². The first kappa shape index (κ1) is 16.6. The van der Waals surface area contributed by atoms with E-state index < -0.39 is 0 Å². The number of morpholine rings is 1. The maximum Gasteiger partial charge on any atom is 0.191 e. The van der Waals surface area contributed by atoms with Gasteiger partial charge in [0, 0.05) is 31.2 Å². The predicted molar refractivity (Wildman–Crippen MR) is 93.9 cm³/mol. The lowest BCUT2D eigenvalue weighted by Crippen LogP contribution is -2.41. The van der Waals surface area contributed by atoms with Gasteiger partial charge in [0.15, 0.2) is 5.96 Å². The molecule has 1 aromatic carbocycles. The summed E-state index contributed by atoms with van der Waals surface area (Å²) in [5.41, 5.74) is 7.37. The largest absolute Gasteiger partial charge is 0.379 e. The van der Waals surface area contributed by atoms with E-state index in [1.165, 1.54) is 18.4 Å². The SMILES string of the molecule is CN(C(N)=NC[C@@H](c1ccc(Cl)cc1)N1CCOCC1)C1CC1. The molecule has 0 radical (unpaired) electrons. The van der Waals surface area contributed by atoms with Gasteiger partial charge >= 0.3 is 0 Å². The molecular formula is C17H25ClN4O. The summed E-state index contributed by atoms with van der Waals surface area (Å²) in [4.78, 5) is 9.18. The van der Waals surface area contributed by atoms with Gasteiger partial charge in [-0.05, 0) is 30.5 Å². The van der Waals surface area contributed by atoms with E-state index in [1.807, 2.05) is 19.2 Å². The van der Waals surface area contributed by atoms with Gasteiger partial charge in [-0.25, -0.2) is 0 Å². The highest BCUT2D eigenvalue weighted by atomic mass is 35.5. The van der Waals surface area contributed by atoms with E-state index >= 15 is 0 Å². The van der Waals surface area contributed by atoms with Crippen molar-refractivity contribution in [3.8, 4) is 0 Å². The van der Waals surface area contributed by atoms with Gasteiger partial charge in [-0.2, -0.15) is 0 Å². The predicted octanol–water partition coefficient (Wildman–Crippen LogP) is 2.12. The third-order valence-corrected chi connectivity index (χ3v) is 4.88. The molecule has 0 amide bonds. The lowest BCUT2D eigenvalue weighted by Gasteiger charge is -2.34. The van der Waals surface area contributed by atoms with Crippen LogP contribution >= 0.6 is 11.6 Å². The minimum absolute atomic E-state index is 0.210. The molecule has 0 spiro atoms. The van der Waals surface area contributed by atoms with Crippen molar-refractivity contribution < 1.29 is 4.74 Å². The fourth-order valence-electron chi connectivity index (χ4n) is 2.95. The molecule has 126 valence electrons. The van der Waals surface area contributed by atoms with Crippen LogP contribution < -0.4 is 5.73 Å². The summed E-state index contributed by atoms with van der Waals surface area (Å²) in [6.45, 7) is 4.03. The van der Waals surface area contributed by atoms with Crippen LogP contribution in [0.1, 0.15) is 24.4 Å². The molecule has 1 saturated heterocycles. The Labute approximate surface area is 143 Å². The van der Waals surface area contributed by atoms with Gasteiger partial charge in [-0.3, -0.25) is 9.89 Å². The summed E-state index contributed by atoms with van der Waals surface area (Å²) in [6.07, 6.45) is 2.44. The van der Waals surface area contributed by atoms with Crippen LogP contribution in [0.5, 0.6) is 0 Å². The number of aliphatic imine (C=N–C) groups is 1. The summed E-state index contributed by atoms with van der Waals surface area (Å²) in [6, 6.07) is 8.83. The van der Waals surface area contributed by atoms with Crippen LogP contribution in [0.3, 0.4) is 0 Å². The average Bonchev–Trinajstić information content (AvgIpc) is 3.41. The van der Waals surface area contributed by atoms with Crippen molar-refractivity contribution in [3.63, 3.8) is 0 Å². The van der Waals surface area contributed by atoms with Crippen molar-refractivity contribution >= 4 is 17.6 Å². The second kappa shape index (κ2) is 7.51. The fourth-order valence-corrected chi connectivity index (χ4v) is 3.07. The van der Waals surface area contributed by atoms with Crippen molar-refractivity contribution in [2.75, 3.05) is 39.9 Å². The maximum absolute atomic E-state index is 6.15. The van der Waals surface area contributed by atoms with E-state index in [-0.39, 0.29) is 6.04 Å². The second-order valence-electron chi connectivity index (χ2n) is 6.26. The highest BCUT2D eigenvalue weighted by molar-refractivity contribution is 6.30. The van der Waals surface area contributed by atoms with Crippen molar-refractivity contribution in [1.82, 2.24) is 9.80 Å². The number of halogens is 1. The fraction of sp³-hybridized carbons (Fsp3) is 0.588. The Bertz CT molecular complexity index is 538. The van der Waals surface area contributed by atoms with Gasteiger partial charge in [0.1, 0.15) is 0 Å². The molecular weight excluding hydrogens is 312 g/mol. The number of guanidine groups is 1. The monoisotopic (exact) mass is 336 g/mol. The maximum atomic E-state index is 6.15. The molecule has 2 N–H and O–H groups in total. The van der Waals surface area contributed by atoms with E-state index in [2.05, 4.69) is 26.9 Å². The molecule has 1 saturated carbocycles. The minimum Gasteiger partial charge on any atom is -0.379 e. The van der Waals surface area contributed by atoms with E-state index in [4.69, 9.17) is 22.1 Å². The Kier molecular flexibility index (Phi) is 5.41. The van der Waals surface area contributed by atoms with Gasteiger partial charge in [0.2, 0.25) is 0 Å². The molecule has 0 bridgehead atoms. The Morgan fingerprint density at radius 1 is 1.35 bits per heavy atom. The molecule has 1 aliphatic carbocycles. The summed E-state index contributed by atoms with van der Waals surface area (Å²) in [5, 5.41) is 0.756. The quantitative estimate of drug-likeness (QED) is 0.661. The number of benzene rings is 1. The molecule has 1 aromatic rings.